The molecule has 0 atom stereocenters. The molecule has 0 bridgehead atoms. The number of para-hydroxylation sites is 1. The van der Waals surface area contributed by atoms with Gasteiger partial charge in [-0.2, -0.15) is 0 Å². The predicted octanol–water partition coefficient (Wildman–Crippen LogP) is 7.11. The van der Waals surface area contributed by atoms with Crippen molar-refractivity contribution in [3.63, 3.8) is 0 Å². The first-order chi connectivity index (χ1) is 14.6. The molecule has 0 radical (unpaired) electrons. The third kappa shape index (κ3) is 4.19. The molecule has 3 aromatic carbocycles. The molecule has 152 valence electrons. The van der Waals surface area contributed by atoms with Crippen molar-refractivity contribution < 1.29 is 13.9 Å². The van der Waals surface area contributed by atoms with E-state index in [0.717, 1.165) is 39.6 Å². The van der Waals surface area contributed by atoms with E-state index in [1.807, 2.05) is 74.5 Å². The maximum atomic E-state index is 13.6. The quantitative estimate of drug-likeness (QED) is 0.167. The summed E-state index contributed by atoms with van der Waals surface area (Å²) in [5.74, 6) is 1.37. The Kier molecular flexibility index (Phi) is 6.05. The standard InChI is InChI=1S/C26H23BrO3/c1-17-14-18(2)16-20(15-17)25(28)24-22-6-3-4-7-23(22)30-26(24)19-8-10-21(11-9-19)29-13-5-12-27/h3-4,6-11,14-16H,5,12-13H2,1-2H3. The van der Waals surface area contributed by atoms with Crippen molar-refractivity contribution in [2.75, 3.05) is 11.9 Å². The number of ketones is 1. The highest BCUT2D eigenvalue weighted by Crippen LogP contribution is 2.36. The SMILES string of the molecule is Cc1cc(C)cc(C(=O)c2c(-c3ccc(OCCCBr)cc3)oc3ccccc23)c1. The topological polar surface area (TPSA) is 39.4 Å². The summed E-state index contributed by atoms with van der Waals surface area (Å²) in [6, 6.07) is 21.3. The number of hydrogen-bond donors (Lipinski definition) is 0. The van der Waals surface area contributed by atoms with Gasteiger partial charge in [-0.15, -0.1) is 0 Å². The van der Waals surface area contributed by atoms with Crippen molar-refractivity contribution in [1.29, 1.82) is 0 Å². The Morgan fingerprint density at radius 2 is 1.67 bits per heavy atom. The fourth-order valence-electron chi connectivity index (χ4n) is 3.67. The molecule has 0 saturated heterocycles. The largest absolute Gasteiger partial charge is 0.494 e. The molecule has 0 saturated carbocycles. The number of alkyl halides is 1. The van der Waals surface area contributed by atoms with E-state index in [1.54, 1.807) is 0 Å². The van der Waals surface area contributed by atoms with Gasteiger partial charge in [-0.05, 0) is 62.7 Å². The fourth-order valence-corrected chi connectivity index (χ4v) is 3.90. The highest BCUT2D eigenvalue weighted by molar-refractivity contribution is 9.09. The van der Waals surface area contributed by atoms with Gasteiger partial charge in [-0.1, -0.05) is 51.3 Å². The number of benzene rings is 3. The molecule has 0 spiro atoms. The molecule has 0 N–H and O–H groups in total. The second-order valence-corrected chi connectivity index (χ2v) is 8.22. The number of rotatable bonds is 7. The summed E-state index contributed by atoms with van der Waals surface area (Å²) in [4.78, 5) is 13.6. The molecular formula is C26H23BrO3. The minimum atomic E-state index is -0.0283. The van der Waals surface area contributed by atoms with Crippen LogP contribution in [0.25, 0.3) is 22.3 Å². The fraction of sp³-hybridized carbons (Fsp3) is 0.192. The van der Waals surface area contributed by atoms with E-state index in [0.29, 0.717) is 29.1 Å². The molecule has 0 aliphatic carbocycles. The van der Waals surface area contributed by atoms with Crippen LogP contribution in [0.1, 0.15) is 33.5 Å². The molecule has 4 aromatic rings. The maximum absolute atomic E-state index is 13.6. The van der Waals surface area contributed by atoms with Gasteiger partial charge in [0, 0.05) is 21.8 Å². The number of fused-ring (bicyclic) bond motifs is 1. The van der Waals surface area contributed by atoms with E-state index in [9.17, 15) is 4.79 Å². The third-order valence-electron chi connectivity index (χ3n) is 4.97. The van der Waals surface area contributed by atoms with E-state index < -0.39 is 0 Å². The van der Waals surface area contributed by atoms with Gasteiger partial charge in [0.1, 0.15) is 17.1 Å². The van der Waals surface area contributed by atoms with Crippen LogP contribution in [-0.2, 0) is 0 Å². The summed E-state index contributed by atoms with van der Waals surface area (Å²) in [5.41, 5.74) is 4.97. The Hall–Kier alpha value is -2.85. The number of furan rings is 1. The van der Waals surface area contributed by atoms with Crippen LogP contribution >= 0.6 is 15.9 Å². The van der Waals surface area contributed by atoms with E-state index in [1.165, 1.54) is 0 Å². The van der Waals surface area contributed by atoms with E-state index in [4.69, 9.17) is 9.15 Å². The number of hydrogen-bond acceptors (Lipinski definition) is 3. The number of carbonyl (C=O) groups is 1. The van der Waals surface area contributed by atoms with Crippen LogP contribution in [0.15, 0.2) is 71.1 Å². The van der Waals surface area contributed by atoms with Crippen LogP contribution in [0.2, 0.25) is 0 Å². The van der Waals surface area contributed by atoms with Crippen LogP contribution in [0.4, 0.5) is 0 Å². The van der Waals surface area contributed by atoms with Gasteiger partial charge < -0.3 is 9.15 Å². The Bertz CT molecular complexity index is 1170. The van der Waals surface area contributed by atoms with Gasteiger partial charge in [0.2, 0.25) is 0 Å². The molecular weight excluding hydrogens is 440 g/mol. The van der Waals surface area contributed by atoms with Crippen LogP contribution in [0.5, 0.6) is 5.75 Å². The molecule has 0 amide bonds. The second-order valence-electron chi connectivity index (χ2n) is 7.42. The number of carbonyl (C=O) groups excluding carboxylic acids is 1. The lowest BCUT2D eigenvalue weighted by Gasteiger charge is -2.08. The van der Waals surface area contributed by atoms with Crippen molar-refractivity contribution in [2.24, 2.45) is 0 Å². The first-order valence-corrected chi connectivity index (χ1v) is 11.1. The van der Waals surface area contributed by atoms with Gasteiger partial charge in [0.05, 0.1) is 12.2 Å². The van der Waals surface area contributed by atoms with E-state index in [2.05, 4.69) is 22.0 Å². The first kappa shape index (κ1) is 20.4. The molecule has 0 unspecified atom stereocenters. The van der Waals surface area contributed by atoms with Crippen molar-refractivity contribution in [3.05, 3.63) is 89.0 Å². The molecule has 30 heavy (non-hydrogen) atoms. The Balaban J connectivity index is 1.78. The van der Waals surface area contributed by atoms with Gasteiger partial charge in [0.25, 0.3) is 0 Å². The summed E-state index contributed by atoms with van der Waals surface area (Å²) in [7, 11) is 0. The highest BCUT2D eigenvalue weighted by atomic mass is 79.9. The van der Waals surface area contributed by atoms with Crippen molar-refractivity contribution in [1.82, 2.24) is 0 Å². The lowest BCUT2D eigenvalue weighted by molar-refractivity contribution is 0.104. The van der Waals surface area contributed by atoms with Gasteiger partial charge >= 0.3 is 0 Å². The zero-order valence-corrected chi connectivity index (χ0v) is 18.7. The molecule has 4 heteroatoms. The first-order valence-electron chi connectivity index (χ1n) is 10.0. The molecule has 0 fully saturated rings. The third-order valence-corrected chi connectivity index (χ3v) is 5.53. The van der Waals surface area contributed by atoms with Gasteiger partial charge in [0.15, 0.2) is 5.78 Å². The zero-order valence-electron chi connectivity index (χ0n) is 17.1. The van der Waals surface area contributed by atoms with Crippen LogP contribution in [0.3, 0.4) is 0 Å². The van der Waals surface area contributed by atoms with Crippen LogP contribution in [-0.4, -0.2) is 17.7 Å². The van der Waals surface area contributed by atoms with E-state index >= 15 is 0 Å². The van der Waals surface area contributed by atoms with Crippen LogP contribution < -0.4 is 4.74 Å². The summed E-state index contributed by atoms with van der Waals surface area (Å²) in [6.45, 7) is 4.67. The summed E-state index contributed by atoms with van der Waals surface area (Å²) < 4.78 is 11.9. The minimum absolute atomic E-state index is 0.0283. The smallest absolute Gasteiger partial charge is 0.197 e. The molecule has 4 rings (SSSR count). The molecule has 3 nitrogen and oxygen atoms in total. The lowest BCUT2D eigenvalue weighted by Crippen LogP contribution is -2.03. The maximum Gasteiger partial charge on any atom is 0.197 e. The average molecular weight is 463 g/mol. The number of halogens is 1. The normalized spacial score (nSPS) is 11.0. The Labute approximate surface area is 184 Å². The van der Waals surface area contributed by atoms with Crippen molar-refractivity contribution in [3.8, 4) is 17.1 Å². The van der Waals surface area contributed by atoms with Crippen molar-refractivity contribution >= 4 is 32.7 Å². The number of ether oxygens (including phenoxy) is 1. The Morgan fingerprint density at radius 1 is 0.967 bits per heavy atom. The number of aryl methyl sites for hydroxylation is 2. The van der Waals surface area contributed by atoms with Crippen LogP contribution in [0, 0.1) is 13.8 Å². The Morgan fingerprint density at radius 3 is 2.37 bits per heavy atom. The predicted molar refractivity (Wildman–Crippen MR) is 125 cm³/mol. The average Bonchev–Trinajstić information content (AvgIpc) is 3.13. The summed E-state index contributed by atoms with van der Waals surface area (Å²) in [5, 5.41) is 1.74. The summed E-state index contributed by atoms with van der Waals surface area (Å²) in [6.07, 6.45) is 0.944. The molecule has 1 aromatic heterocycles. The monoisotopic (exact) mass is 462 g/mol. The van der Waals surface area contributed by atoms with E-state index in [-0.39, 0.29) is 5.78 Å². The molecule has 0 aliphatic heterocycles. The minimum Gasteiger partial charge on any atom is -0.494 e. The zero-order chi connectivity index (χ0) is 21.1. The highest BCUT2D eigenvalue weighted by Gasteiger charge is 2.23. The lowest BCUT2D eigenvalue weighted by atomic mass is 9.95. The second kappa shape index (κ2) is 8.88. The molecule has 1 heterocycles. The van der Waals surface area contributed by atoms with Gasteiger partial charge in [-0.3, -0.25) is 4.79 Å². The van der Waals surface area contributed by atoms with Gasteiger partial charge in [-0.25, -0.2) is 0 Å². The summed E-state index contributed by atoms with van der Waals surface area (Å²) >= 11 is 3.41. The van der Waals surface area contributed by atoms with Crippen molar-refractivity contribution in [2.45, 2.75) is 20.3 Å². The molecule has 0 aliphatic rings.